The number of aliphatic hydroxyl groups is 1. The van der Waals surface area contributed by atoms with Crippen LogP contribution in [0.3, 0.4) is 0 Å². The molecule has 0 unspecified atom stereocenters. The van der Waals surface area contributed by atoms with Crippen molar-refractivity contribution < 1.29 is 19.3 Å². The van der Waals surface area contributed by atoms with Crippen LogP contribution in [0.2, 0.25) is 0 Å². The highest BCUT2D eigenvalue weighted by molar-refractivity contribution is 5.51. The summed E-state index contributed by atoms with van der Waals surface area (Å²) in [5.74, 6) is 2.02. The van der Waals surface area contributed by atoms with Crippen LogP contribution in [-0.4, -0.2) is 18.5 Å². The fraction of sp³-hybridized carbons (Fsp3) is 0.455. The third kappa shape index (κ3) is 1.99. The Bertz CT molecular complexity index is 349. The number of benzene rings is 1. The second-order valence-corrected chi connectivity index (χ2v) is 3.32. The second-order valence-electron chi connectivity index (χ2n) is 3.32. The summed E-state index contributed by atoms with van der Waals surface area (Å²) in [5.41, 5.74) is 0.729. The topological polar surface area (TPSA) is 47.9 Å². The van der Waals surface area contributed by atoms with E-state index in [0.29, 0.717) is 23.9 Å². The van der Waals surface area contributed by atoms with Crippen molar-refractivity contribution in [1.29, 1.82) is 0 Å². The van der Waals surface area contributed by atoms with Gasteiger partial charge in [0.2, 0.25) is 6.79 Å². The lowest BCUT2D eigenvalue weighted by Crippen LogP contribution is -1.99. The van der Waals surface area contributed by atoms with Crippen LogP contribution in [0.1, 0.15) is 18.9 Å². The summed E-state index contributed by atoms with van der Waals surface area (Å²) in [6.45, 7) is 2.84. The molecule has 82 valence electrons. The molecule has 1 heterocycles. The van der Waals surface area contributed by atoms with Crippen LogP contribution in [-0.2, 0) is 6.61 Å². The van der Waals surface area contributed by atoms with E-state index in [9.17, 15) is 5.11 Å². The third-order valence-electron chi connectivity index (χ3n) is 2.19. The van der Waals surface area contributed by atoms with Crippen LogP contribution in [0, 0.1) is 0 Å². The number of hydrogen-bond donors (Lipinski definition) is 1. The van der Waals surface area contributed by atoms with Gasteiger partial charge in [0, 0.05) is 11.6 Å². The summed E-state index contributed by atoms with van der Waals surface area (Å²) in [6, 6.07) is 3.52. The van der Waals surface area contributed by atoms with Crippen molar-refractivity contribution in [2.45, 2.75) is 20.0 Å². The van der Waals surface area contributed by atoms with Gasteiger partial charge in [-0.15, -0.1) is 0 Å². The van der Waals surface area contributed by atoms with Crippen molar-refractivity contribution in [3.63, 3.8) is 0 Å². The molecule has 0 radical (unpaired) electrons. The quantitative estimate of drug-likeness (QED) is 0.821. The molecule has 1 aromatic rings. The standard InChI is InChI=1S/C11H14O4/c1-2-3-13-9-5-11-10(14-7-15-11)4-8(9)6-12/h4-5,12H,2-3,6-7H2,1H3. The summed E-state index contributed by atoms with van der Waals surface area (Å²) in [4.78, 5) is 0. The van der Waals surface area contributed by atoms with Crippen molar-refractivity contribution >= 4 is 0 Å². The van der Waals surface area contributed by atoms with Crippen LogP contribution in [0.4, 0.5) is 0 Å². The molecule has 0 spiro atoms. The summed E-state index contributed by atoms with van der Waals surface area (Å²) in [7, 11) is 0. The molecular formula is C11H14O4. The Hall–Kier alpha value is -1.42. The lowest BCUT2D eigenvalue weighted by atomic mass is 10.2. The zero-order valence-electron chi connectivity index (χ0n) is 8.66. The van der Waals surface area contributed by atoms with Crippen molar-refractivity contribution in [2.75, 3.05) is 13.4 Å². The predicted octanol–water partition coefficient (Wildman–Crippen LogP) is 1.70. The molecule has 15 heavy (non-hydrogen) atoms. The van der Waals surface area contributed by atoms with E-state index in [1.54, 1.807) is 12.1 Å². The smallest absolute Gasteiger partial charge is 0.231 e. The number of hydrogen-bond acceptors (Lipinski definition) is 4. The lowest BCUT2D eigenvalue weighted by molar-refractivity contribution is 0.173. The van der Waals surface area contributed by atoms with Crippen LogP contribution in [0.25, 0.3) is 0 Å². The molecule has 0 bridgehead atoms. The van der Waals surface area contributed by atoms with E-state index in [4.69, 9.17) is 14.2 Å². The van der Waals surface area contributed by atoms with Crippen molar-refractivity contribution in [3.8, 4) is 17.2 Å². The minimum Gasteiger partial charge on any atom is -0.493 e. The maximum Gasteiger partial charge on any atom is 0.231 e. The second kappa shape index (κ2) is 4.40. The molecule has 2 rings (SSSR count). The van der Waals surface area contributed by atoms with Crippen molar-refractivity contribution in [3.05, 3.63) is 17.7 Å². The molecule has 4 heteroatoms. The van der Waals surface area contributed by atoms with Gasteiger partial charge in [0.25, 0.3) is 0 Å². The lowest BCUT2D eigenvalue weighted by Gasteiger charge is -2.10. The molecule has 1 aliphatic rings. The van der Waals surface area contributed by atoms with Gasteiger partial charge in [-0.25, -0.2) is 0 Å². The van der Waals surface area contributed by atoms with Crippen LogP contribution in [0.5, 0.6) is 17.2 Å². The fourth-order valence-electron chi connectivity index (χ4n) is 1.44. The van der Waals surface area contributed by atoms with E-state index >= 15 is 0 Å². The maximum absolute atomic E-state index is 9.17. The summed E-state index contributed by atoms with van der Waals surface area (Å²) < 4.78 is 16.0. The molecular weight excluding hydrogens is 196 g/mol. The van der Waals surface area contributed by atoms with Gasteiger partial charge in [-0.2, -0.15) is 0 Å². The molecule has 1 aliphatic heterocycles. The minimum atomic E-state index is -0.0598. The predicted molar refractivity (Wildman–Crippen MR) is 54.3 cm³/mol. The highest BCUT2D eigenvalue weighted by atomic mass is 16.7. The monoisotopic (exact) mass is 210 g/mol. The molecule has 1 N–H and O–H groups in total. The first-order valence-electron chi connectivity index (χ1n) is 5.01. The molecule has 0 saturated carbocycles. The summed E-state index contributed by atoms with van der Waals surface area (Å²) in [5, 5.41) is 9.17. The van der Waals surface area contributed by atoms with Crippen LogP contribution in [0.15, 0.2) is 12.1 Å². The summed E-state index contributed by atoms with van der Waals surface area (Å²) >= 11 is 0. The van der Waals surface area contributed by atoms with Crippen molar-refractivity contribution in [2.24, 2.45) is 0 Å². The Balaban J connectivity index is 2.27. The van der Waals surface area contributed by atoms with Gasteiger partial charge in [-0.3, -0.25) is 0 Å². The highest BCUT2D eigenvalue weighted by Gasteiger charge is 2.17. The first-order chi connectivity index (χ1) is 7.35. The Morgan fingerprint density at radius 3 is 2.73 bits per heavy atom. The molecule has 0 aromatic heterocycles. The Labute approximate surface area is 88.4 Å². The fourth-order valence-corrected chi connectivity index (χ4v) is 1.44. The van der Waals surface area contributed by atoms with E-state index in [1.165, 1.54) is 0 Å². The molecule has 0 fully saturated rings. The average Bonchev–Trinajstić information content (AvgIpc) is 2.71. The summed E-state index contributed by atoms with van der Waals surface area (Å²) in [6.07, 6.45) is 0.930. The molecule has 0 aliphatic carbocycles. The molecule has 0 atom stereocenters. The Morgan fingerprint density at radius 1 is 1.33 bits per heavy atom. The van der Waals surface area contributed by atoms with Gasteiger partial charge in [-0.1, -0.05) is 6.92 Å². The van der Waals surface area contributed by atoms with E-state index < -0.39 is 0 Å². The first-order valence-corrected chi connectivity index (χ1v) is 5.01. The maximum atomic E-state index is 9.17. The van der Waals surface area contributed by atoms with E-state index in [-0.39, 0.29) is 13.4 Å². The minimum absolute atomic E-state index is 0.0598. The van der Waals surface area contributed by atoms with Crippen LogP contribution >= 0.6 is 0 Å². The van der Waals surface area contributed by atoms with E-state index in [2.05, 4.69) is 0 Å². The largest absolute Gasteiger partial charge is 0.493 e. The van der Waals surface area contributed by atoms with Gasteiger partial charge < -0.3 is 19.3 Å². The third-order valence-corrected chi connectivity index (χ3v) is 2.19. The number of ether oxygens (including phenoxy) is 3. The highest BCUT2D eigenvalue weighted by Crippen LogP contribution is 2.38. The Kier molecular flexibility index (Phi) is 2.97. The number of aliphatic hydroxyl groups excluding tert-OH is 1. The van der Waals surface area contributed by atoms with Gasteiger partial charge in [0.1, 0.15) is 5.75 Å². The molecule has 0 amide bonds. The normalized spacial score (nSPS) is 12.9. The number of fused-ring (bicyclic) bond motifs is 1. The van der Waals surface area contributed by atoms with Gasteiger partial charge in [0.05, 0.1) is 13.2 Å². The molecule has 4 nitrogen and oxygen atoms in total. The average molecular weight is 210 g/mol. The Morgan fingerprint density at radius 2 is 2.07 bits per heavy atom. The molecule has 0 saturated heterocycles. The van der Waals surface area contributed by atoms with Crippen molar-refractivity contribution in [1.82, 2.24) is 0 Å². The number of rotatable bonds is 4. The van der Waals surface area contributed by atoms with Crippen LogP contribution < -0.4 is 14.2 Å². The SMILES string of the molecule is CCCOc1cc2c(cc1CO)OCO2. The van der Waals surface area contributed by atoms with Gasteiger partial charge >= 0.3 is 0 Å². The van der Waals surface area contributed by atoms with Gasteiger partial charge in [0.15, 0.2) is 11.5 Å². The zero-order valence-corrected chi connectivity index (χ0v) is 8.66. The van der Waals surface area contributed by atoms with E-state index in [0.717, 1.165) is 12.0 Å². The van der Waals surface area contributed by atoms with E-state index in [1.807, 2.05) is 6.92 Å². The zero-order chi connectivity index (χ0) is 10.7. The first kappa shape index (κ1) is 10.1. The molecule has 1 aromatic carbocycles. The van der Waals surface area contributed by atoms with Gasteiger partial charge in [-0.05, 0) is 12.5 Å².